The lowest BCUT2D eigenvalue weighted by atomic mass is 9.93. The zero-order valence-corrected chi connectivity index (χ0v) is 20.1. The molecule has 4 N–H and O–H groups in total. The summed E-state index contributed by atoms with van der Waals surface area (Å²) in [5.41, 5.74) is 5.40. The smallest absolute Gasteiger partial charge is 0.352 e. The van der Waals surface area contributed by atoms with Crippen molar-refractivity contribution in [2.45, 2.75) is 68.8 Å². The number of benzene rings is 1. The van der Waals surface area contributed by atoms with Crippen LogP contribution in [0.5, 0.6) is 0 Å². The number of nitrogens with zero attached hydrogens (tertiary/aromatic N) is 3. The van der Waals surface area contributed by atoms with Gasteiger partial charge in [0.25, 0.3) is 0 Å². The van der Waals surface area contributed by atoms with Crippen molar-refractivity contribution in [2.75, 3.05) is 12.4 Å². The van der Waals surface area contributed by atoms with Crippen molar-refractivity contribution in [2.24, 2.45) is 9.50 Å². The standard InChI is InChI=1S/C22H27N5O3S2/c1-22(2,29)20-25-17(11-30-3)19(31-20)32(24)27-21(28)26-18-14-8-4-6-12(14)16(10-23)13-7-5-9-15(13)18/h29H,4-9,11H2,1-3H3,(H3,24,26,27,28). The number of nitriles is 1. The number of ether oxygens (including phenoxy) is 1. The van der Waals surface area contributed by atoms with Gasteiger partial charge in [-0.25, -0.2) is 9.78 Å². The summed E-state index contributed by atoms with van der Waals surface area (Å²) in [6.45, 7) is 3.52. The van der Waals surface area contributed by atoms with Gasteiger partial charge in [-0.3, -0.25) is 5.14 Å². The number of hydrogen-bond donors (Lipinski definition) is 3. The largest absolute Gasteiger partial charge is 0.383 e. The van der Waals surface area contributed by atoms with E-state index in [1.807, 2.05) is 0 Å². The Hall–Kier alpha value is -2.16. The van der Waals surface area contributed by atoms with E-state index in [-0.39, 0.29) is 6.61 Å². The Morgan fingerprint density at radius 1 is 1.28 bits per heavy atom. The number of aliphatic hydroxyl groups is 1. The fraction of sp³-hybridized carbons (Fsp3) is 0.500. The number of hydrogen-bond acceptors (Lipinski definition) is 6. The second kappa shape index (κ2) is 9.00. The highest BCUT2D eigenvalue weighted by molar-refractivity contribution is 7.87. The summed E-state index contributed by atoms with van der Waals surface area (Å²) in [6.07, 6.45) is 5.40. The second-order valence-corrected chi connectivity index (χ2v) is 11.0. The van der Waals surface area contributed by atoms with E-state index in [0.717, 1.165) is 72.0 Å². The third-order valence-electron chi connectivity index (χ3n) is 5.82. The molecular formula is C22H27N5O3S2. The van der Waals surface area contributed by atoms with Crippen molar-refractivity contribution in [1.29, 1.82) is 5.26 Å². The van der Waals surface area contributed by atoms with E-state index in [1.54, 1.807) is 21.0 Å². The Morgan fingerprint density at radius 2 is 1.88 bits per heavy atom. The summed E-state index contributed by atoms with van der Waals surface area (Å²) >= 11 is 1.24. The van der Waals surface area contributed by atoms with Gasteiger partial charge in [0, 0.05) is 23.7 Å². The molecule has 32 heavy (non-hydrogen) atoms. The molecular weight excluding hydrogens is 446 g/mol. The zero-order chi connectivity index (χ0) is 23.0. The van der Waals surface area contributed by atoms with E-state index >= 15 is 0 Å². The Morgan fingerprint density at radius 3 is 2.41 bits per heavy atom. The predicted octanol–water partition coefficient (Wildman–Crippen LogP) is 3.63. The molecule has 0 fully saturated rings. The van der Waals surface area contributed by atoms with E-state index in [0.29, 0.717) is 14.9 Å². The molecule has 8 nitrogen and oxygen atoms in total. The molecule has 0 saturated heterocycles. The molecule has 2 aliphatic carbocycles. The lowest BCUT2D eigenvalue weighted by Gasteiger charge is -2.17. The van der Waals surface area contributed by atoms with Crippen LogP contribution in [-0.4, -0.2) is 23.2 Å². The molecule has 0 aliphatic heterocycles. The summed E-state index contributed by atoms with van der Waals surface area (Å²) < 4.78 is 10.0. The van der Waals surface area contributed by atoms with Gasteiger partial charge in [-0.05, 0) is 74.6 Å². The molecule has 1 aromatic heterocycles. The van der Waals surface area contributed by atoms with Gasteiger partial charge in [-0.15, -0.1) is 11.3 Å². The van der Waals surface area contributed by atoms with Crippen LogP contribution in [0.3, 0.4) is 0 Å². The Balaban J connectivity index is 1.67. The van der Waals surface area contributed by atoms with Crippen LogP contribution in [0, 0.1) is 11.3 Å². The van der Waals surface area contributed by atoms with Crippen LogP contribution in [0.25, 0.3) is 0 Å². The van der Waals surface area contributed by atoms with Gasteiger partial charge in [0.15, 0.2) is 0 Å². The number of urea groups is 1. The van der Waals surface area contributed by atoms with Gasteiger partial charge in [-0.1, -0.05) is 0 Å². The Kier molecular flexibility index (Phi) is 6.47. The number of nitrogens with two attached hydrogens (primary N) is 1. The monoisotopic (exact) mass is 473 g/mol. The summed E-state index contributed by atoms with van der Waals surface area (Å²) in [6, 6.07) is 1.89. The molecule has 0 bridgehead atoms. The lowest BCUT2D eigenvalue weighted by Crippen LogP contribution is -2.15. The number of fused-ring (bicyclic) bond motifs is 2. The zero-order valence-electron chi connectivity index (χ0n) is 18.4. The quantitative estimate of drug-likeness (QED) is 0.607. The van der Waals surface area contributed by atoms with Crippen molar-refractivity contribution >= 4 is 33.9 Å². The maximum absolute atomic E-state index is 12.9. The van der Waals surface area contributed by atoms with Gasteiger partial charge >= 0.3 is 6.03 Å². The van der Waals surface area contributed by atoms with Gasteiger partial charge in [0.05, 0.1) is 23.9 Å². The molecule has 1 aromatic carbocycles. The van der Waals surface area contributed by atoms with Gasteiger partial charge in [-0.2, -0.15) is 9.62 Å². The normalized spacial score (nSPS) is 16.0. The van der Waals surface area contributed by atoms with Crippen molar-refractivity contribution in [3.63, 3.8) is 0 Å². The van der Waals surface area contributed by atoms with Crippen LogP contribution in [-0.2, 0) is 53.5 Å². The van der Waals surface area contributed by atoms with E-state index < -0.39 is 22.5 Å². The highest BCUT2D eigenvalue weighted by atomic mass is 32.2. The molecule has 0 spiro atoms. The Bertz CT molecular complexity index is 1120. The minimum Gasteiger partial charge on any atom is -0.383 e. The maximum atomic E-state index is 12.9. The van der Waals surface area contributed by atoms with E-state index in [1.165, 1.54) is 11.3 Å². The maximum Gasteiger partial charge on any atom is 0.352 e. The number of rotatable bonds is 5. The summed E-state index contributed by atoms with van der Waals surface area (Å²) in [5, 5.41) is 29.8. The van der Waals surface area contributed by atoms with Gasteiger partial charge in [0.1, 0.15) is 14.8 Å². The molecule has 1 atom stereocenters. The number of nitrogens with one attached hydrogen (secondary N) is 1. The number of thiazole rings is 1. The van der Waals surface area contributed by atoms with E-state index in [9.17, 15) is 15.2 Å². The first-order valence-electron chi connectivity index (χ1n) is 10.6. The van der Waals surface area contributed by atoms with Crippen LogP contribution in [0.1, 0.15) is 65.2 Å². The molecule has 0 radical (unpaired) electrons. The molecule has 2 aliphatic rings. The van der Waals surface area contributed by atoms with Gasteiger partial charge < -0.3 is 15.2 Å². The van der Waals surface area contributed by atoms with E-state index in [4.69, 9.17) is 9.88 Å². The van der Waals surface area contributed by atoms with Crippen LogP contribution in [0.4, 0.5) is 10.5 Å². The van der Waals surface area contributed by atoms with Crippen molar-refractivity contribution in [3.05, 3.63) is 38.5 Å². The minimum absolute atomic E-state index is 0.219. The first kappa shape index (κ1) is 23.0. The van der Waals surface area contributed by atoms with Crippen LogP contribution < -0.4 is 10.5 Å². The fourth-order valence-electron chi connectivity index (χ4n) is 4.49. The summed E-state index contributed by atoms with van der Waals surface area (Å²) in [7, 11) is 0.312. The van der Waals surface area contributed by atoms with Crippen LogP contribution >= 0.6 is 11.3 Å². The first-order valence-corrected chi connectivity index (χ1v) is 12.6. The topological polar surface area (TPSA) is 134 Å². The minimum atomic E-state index is -1.24. The number of methoxy groups -OCH3 is 1. The SMILES string of the molecule is COCc1nc(C(C)(C)O)sc1/S(N)=N\C(=O)Nc1c2c(c(C#N)c3c1CCC3)CCC2. The number of carbonyl (C=O) groups is 1. The third-order valence-corrected chi connectivity index (χ3v) is 8.77. The molecule has 170 valence electrons. The number of anilines is 1. The predicted molar refractivity (Wildman–Crippen MR) is 125 cm³/mol. The molecule has 2 amide bonds. The molecule has 1 unspecified atom stereocenters. The van der Waals surface area contributed by atoms with Crippen molar-refractivity contribution in [3.8, 4) is 6.07 Å². The number of amides is 2. The molecule has 4 rings (SSSR count). The molecule has 2 aromatic rings. The summed E-state index contributed by atoms with van der Waals surface area (Å²) in [4.78, 5) is 17.4. The number of carbonyl (C=O) groups excluding carboxylic acids is 1. The van der Waals surface area contributed by atoms with E-state index in [2.05, 4.69) is 20.7 Å². The average Bonchev–Trinajstić information content (AvgIpc) is 3.47. The number of aromatic nitrogens is 1. The van der Waals surface area contributed by atoms with Gasteiger partial charge in [0.2, 0.25) is 0 Å². The summed E-state index contributed by atoms with van der Waals surface area (Å²) in [5.74, 6) is 0. The fourth-order valence-corrected chi connectivity index (χ4v) is 6.64. The van der Waals surface area contributed by atoms with Crippen molar-refractivity contribution < 1.29 is 14.6 Å². The second-order valence-electron chi connectivity index (χ2n) is 8.56. The van der Waals surface area contributed by atoms with Crippen LogP contribution in [0.15, 0.2) is 8.57 Å². The van der Waals surface area contributed by atoms with Crippen molar-refractivity contribution in [1.82, 2.24) is 4.98 Å². The third kappa shape index (κ3) is 4.23. The van der Waals surface area contributed by atoms with Crippen LogP contribution in [0.2, 0.25) is 0 Å². The molecule has 0 saturated carbocycles. The first-order chi connectivity index (χ1) is 15.2. The Labute approximate surface area is 194 Å². The highest BCUT2D eigenvalue weighted by Gasteiger charge is 2.30. The molecule has 1 heterocycles. The lowest BCUT2D eigenvalue weighted by molar-refractivity contribution is 0.0776. The highest BCUT2D eigenvalue weighted by Crippen LogP contribution is 2.41. The average molecular weight is 474 g/mol. The molecule has 10 heteroatoms.